The molecule has 0 saturated heterocycles. The van der Waals surface area contributed by atoms with E-state index in [0.717, 1.165) is 5.56 Å². The van der Waals surface area contributed by atoms with Gasteiger partial charge in [0.05, 0.1) is 12.5 Å². The van der Waals surface area contributed by atoms with Crippen LogP contribution in [0, 0.1) is 11.8 Å². The minimum atomic E-state index is -1.27. The van der Waals surface area contributed by atoms with Crippen LogP contribution in [0.3, 0.4) is 0 Å². The van der Waals surface area contributed by atoms with E-state index in [4.69, 9.17) is 19.3 Å². The molecule has 0 bridgehead atoms. The van der Waals surface area contributed by atoms with Crippen molar-refractivity contribution >= 4 is 5.97 Å². The second-order valence-corrected chi connectivity index (χ2v) is 4.58. The predicted molar refractivity (Wildman–Crippen MR) is 67.3 cm³/mol. The van der Waals surface area contributed by atoms with Crippen LogP contribution >= 0.6 is 0 Å². The molecule has 1 N–H and O–H groups in total. The van der Waals surface area contributed by atoms with Crippen molar-refractivity contribution in [3.8, 4) is 0 Å². The summed E-state index contributed by atoms with van der Waals surface area (Å²) in [6.07, 6.45) is 0.646. The van der Waals surface area contributed by atoms with Gasteiger partial charge in [-0.15, -0.1) is 0 Å². The first kappa shape index (κ1) is 14.0. The fourth-order valence-electron chi connectivity index (χ4n) is 2.11. The number of methoxy groups -OCH3 is 2. The lowest BCUT2D eigenvalue weighted by molar-refractivity contribution is -0.376. The quantitative estimate of drug-likeness (QED) is 0.763. The largest absolute Gasteiger partial charge is 0.481 e. The molecule has 0 aliphatic heterocycles. The highest BCUT2D eigenvalue weighted by Crippen LogP contribution is 2.40. The van der Waals surface area contributed by atoms with Crippen molar-refractivity contribution in [2.24, 2.45) is 11.8 Å². The zero-order valence-corrected chi connectivity index (χ0v) is 11.0. The van der Waals surface area contributed by atoms with Crippen molar-refractivity contribution in [3.05, 3.63) is 35.9 Å². The maximum Gasteiger partial charge on any atom is 0.311 e. The Hall–Kier alpha value is -1.43. The molecule has 5 heteroatoms. The van der Waals surface area contributed by atoms with Gasteiger partial charge in [-0.1, -0.05) is 30.3 Å². The Labute approximate surface area is 112 Å². The molecule has 0 radical (unpaired) electrons. The molecule has 2 rings (SSSR count). The number of hydrogen-bond donors (Lipinski definition) is 1. The number of aliphatic carboxylic acids is 1. The van der Waals surface area contributed by atoms with Gasteiger partial charge in [-0.25, -0.2) is 0 Å². The lowest BCUT2D eigenvalue weighted by Crippen LogP contribution is -2.35. The van der Waals surface area contributed by atoms with Crippen LogP contribution in [-0.2, 0) is 25.0 Å². The third kappa shape index (κ3) is 2.94. The average Bonchev–Trinajstić information content (AvgIpc) is 3.22. The molecule has 0 spiro atoms. The fraction of sp³-hybridized carbons (Fsp3) is 0.500. The van der Waals surface area contributed by atoms with Crippen LogP contribution in [-0.4, -0.2) is 31.9 Å². The number of hydrogen-bond acceptors (Lipinski definition) is 4. The second-order valence-electron chi connectivity index (χ2n) is 4.58. The average molecular weight is 266 g/mol. The Morgan fingerprint density at radius 1 is 1.32 bits per heavy atom. The molecule has 1 aliphatic carbocycles. The highest BCUT2D eigenvalue weighted by molar-refractivity contribution is 5.73. The van der Waals surface area contributed by atoms with Crippen LogP contribution in [0.15, 0.2) is 30.3 Å². The third-order valence-corrected chi connectivity index (χ3v) is 3.39. The normalized spacial score (nSPS) is 22.2. The molecule has 19 heavy (non-hydrogen) atoms. The van der Waals surface area contributed by atoms with Crippen molar-refractivity contribution in [2.45, 2.75) is 12.4 Å². The van der Waals surface area contributed by atoms with E-state index in [1.165, 1.54) is 14.2 Å². The molecular formula is C14H18O5. The topological polar surface area (TPSA) is 65.0 Å². The SMILES string of the molecule is COC(OC)(OCC1CC1C(=O)O)c1ccccc1. The standard InChI is InChI=1S/C14H18O5/c1-17-14(18-2,11-6-4-3-5-7-11)19-9-10-8-12(10)13(15)16/h3-7,10,12H,8-9H2,1-2H3,(H,15,16). The molecule has 1 aromatic rings. The Bertz CT molecular complexity index is 427. The smallest absolute Gasteiger partial charge is 0.311 e. The summed E-state index contributed by atoms with van der Waals surface area (Å²) in [5.74, 6) is -2.31. The molecule has 5 nitrogen and oxygen atoms in total. The summed E-state index contributed by atoms with van der Waals surface area (Å²) in [6, 6.07) is 9.30. The number of carbonyl (C=O) groups is 1. The molecular weight excluding hydrogens is 248 g/mol. The van der Waals surface area contributed by atoms with E-state index in [2.05, 4.69) is 0 Å². The van der Waals surface area contributed by atoms with Crippen molar-refractivity contribution in [1.82, 2.24) is 0 Å². The summed E-state index contributed by atoms with van der Waals surface area (Å²) in [4.78, 5) is 10.8. The van der Waals surface area contributed by atoms with Crippen LogP contribution in [0.1, 0.15) is 12.0 Å². The summed E-state index contributed by atoms with van der Waals surface area (Å²) < 4.78 is 16.4. The van der Waals surface area contributed by atoms with Crippen molar-refractivity contribution in [1.29, 1.82) is 0 Å². The van der Waals surface area contributed by atoms with E-state index in [1.807, 2.05) is 30.3 Å². The molecule has 2 unspecified atom stereocenters. The second kappa shape index (κ2) is 5.69. The van der Waals surface area contributed by atoms with Crippen LogP contribution < -0.4 is 0 Å². The Kier molecular flexibility index (Phi) is 4.19. The molecule has 1 aliphatic rings. The first-order chi connectivity index (χ1) is 9.13. The van der Waals surface area contributed by atoms with Gasteiger partial charge >= 0.3 is 11.9 Å². The minimum Gasteiger partial charge on any atom is -0.481 e. The van der Waals surface area contributed by atoms with E-state index in [-0.39, 0.29) is 11.8 Å². The summed E-state index contributed by atoms with van der Waals surface area (Å²) in [5.41, 5.74) is 0.743. The maximum atomic E-state index is 10.8. The van der Waals surface area contributed by atoms with E-state index < -0.39 is 11.9 Å². The summed E-state index contributed by atoms with van der Waals surface area (Å²) >= 11 is 0. The summed E-state index contributed by atoms with van der Waals surface area (Å²) in [6.45, 7) is 0.299. The van der Waals surface area contributed by atoms with Gasteiger partial charge in [0, 0.05) is 19.8 Å². The molecule has 0 amide bonds. The van der Waals surface area contributed by atoms with Gasteiger partial charge < -0.3 is 19.3 Å². The van der Waals surface area contributed by atoms with Crippen LogP contribution in [0.25, 0.3) is 0 Å². The third-order valence-electron chi connectivity index (χ3n) is 3.39. The van der Waals surface area contributed by atoms with E-state index in [0.29, 0.717) is 13.0 Å². The molecule has 104 valence electrons. The number of rotatable bonds is 7. The molecule has 0 aromatic heterocycles. The molecule has 0 heterocycles. The van der Waals surface area contributed by atoms with Gasteiger partial charge in [0.15, 0.2) is 0 Å². The van der Waals surface area contributed by atoms with E-state index in [9.17, 15) is 4.79 Å². The lowest BCUT2D eigenvalue weighted by Gasteiger charge is -2.30. The Morgan fingerprint density at radius 2 is 1.95 bits per heavy atom. The van der Waals surface area contributed by atoms with Crippen molar-refractivity contribution in [2.75, 3.05) is 20.8 Å². The van der Waals surface area contributed by atoms with Crippen LogP contribution in [0.4, 0.5) is 0 Å². The first-order valence-electron chi connectivity index (χ1n) is 6.15. The van der Waals surface area contributed by atoms with Gasteiger partial charge in [0.2, 0.25) is 0 Å². The number of carboxylic acid groups (broad SMARTS) is 1. The number of benzene rings is 1. The minimum absolute atomic E-state index is 0.0332. The van der Waals surface area contributed by atoms with Crippen molar-refractivity contribution in [3.63, 3.8) is 0 Å². The molecule has 2 atom stereocenters. The fourth-order valence-corrected chi connectivity index (χ4v) is 2.11. The van der Waals surface area contributed by atoms with Crippen molar-refractivity contribution < 1.29 is 24.1 Å². The van der Waals surface area contributed by atoms with E-state index >= 15 is 0 Å². The summed E-state index contributed by atoms with van der Waals surface area (Å²) in [7, 11) is 3.00. The first-order valence-corrected chi connectivity index (χ1v) is 6.15. The highest BCUT2D eigenvalue weighted by Gasteiger charge is 2.45. The monoisotopic (exact) mass is 266 g/mol. The number of ether oxygens (including phenoxy) is 3. The van der Waals surface area contributed by atoms with Crippen LogP contribution in [0.2, 0.25) is 0 Å². The molecule has 1 saturated carbocycles. The summed E-state index contributed by atoms with van der Waals surface area (Å²) in [5, 5.41) is 8.87. The molecule has 1 fully saturated rings. The predicted octanol–water partition coefficient (Wildman–Crippen LogP) is 1.83. The highest BCUT2D eigenvalue weighted by atomic mass is 16.9. The van der Waals surface area contributed by atoms with Gasteiger partial charge in [0.25, 0.3) is 0 Å². The van der Waals surface area contributed by atoms with Gasteiger partial charge in [0.1, 0.15) is 0 Å². The van der Waals surface area contributed by atoms with Crippen LogP contribution in [0.5, 0.6) is 0 Å². The van der Waals surface area contributed by atoms with Gasteiger partial charge in [-0.05, 0) is 12.3 Å². The zero-order chi connectivity index (χ0) is 13.9. The maximum absolute atomic E-state index is 10.8. The van der Waals surface area contributed by atoms with E-state index in [1.54, 1.807) is 0 Å². The molecule has 1 aromatic carbocycles. The van der Waals surface area contributed by atoms with Gasteiger partial charge in [-0.2, -0.15) is 0 Å². The zero-order valence-electron chi connectivity index (χ0n) is 11.0. The lowest BCUT2D eigenvalue weighted by atomic mass is 10.2. The Balaban J connectivity index is 2.02. The number of carboxylic acids is 1. The van der Waals surface area contributed by atoms with Gasteiger partial charge in [-0.3, -0.25) is 4.79 Å². The Morgan fingerprint density at radius 3 is 2.42 bits per heavy atom.